The van der Waals surface area contributed by atoms with Gasteiger partial charge in [-0.3, -0.25) is 19.5 Å². The van der Waals surface area contributed by atoms with E-state index in [1.165, 1.54) is 35.1 Å². The summed E-state index contributed by atoms with van der Waals surface area (Å²) in [7, 11) is 1.26. The zero-order valence-corrected chi connectivity index (χ0v) is 28.0. The van der Waals surface area contributed by atoms with Crippen molar-refractivity contribution in [3.05, 3.63) is 124 Å². The second-order valence-corrected chi connectivity index (χ2v) is 11.6. The second kappa shape index (κ2) is 15.4. The van der Waals surface area contributed by atoms with Gasteiger partial charge in [-0.25, -0.2) is 14.6 Å². The fraction of sp³-hybridized carbons (Fsp3) is 0.257. The van der Waals surface area contributed by atoms with Crippen LogP contribution in [0.3, 0.4) is 0 Å². The highest BCUT2D eigenvalue weighted by atomic mass is 32.1. The van der Waals surface area contributed by atoms with Crippen LogP contribution in [-0.2, 0) is 25.7 Å². The first-order chi connectivity index (χ1) is 23.6. The van der Waals surface area contributed by atoms with Crippen molar-refractivity contribution in [2.45, 2.75) is 33.4 Å². The highest BCUT2D eigenvalue weighted by molar-refractivity contribution is 7.07. The second-order valence-electron chi connectivity index (χ2n) is 10.6. The number of allylic oxidation sites excluding steroid dienone is 1. The molecule has 13 nitrogen and oxygen atoms in total. The van der Waals surface area contributed by atoms with E-state index in [0.29, 0.717) is 37.7 Å². The molecule has 254 valence electrons. The van der Waals surface area contributed by atoms with Gasteiger partial charge in [-0.05, 0) is 79.9 Å². The first-order valence-electron chi connectivity index (χ1n) is 15.3. The van der Waals surface area contributed by atoms with Crippen molar-refractivity contribution < 1.29 is 38.2 Å². The number of carbonyl (C=O) groups is 2. The van der Waals surface area contributed by atoms with Crippen LogP contribution in [0.5, 0.6) is 17.2 Å². The van der Waals surface area contributed by atoms with E-state index in [1.54, 1.807) is 75.4 Å². The summed E-state index contributed by atoms with van der Waals surface area (Å²) in [6.45, 7) is 5.46. The van der Waals surface area contributed by atoms with Gasteiger partial charge in [0, 0.05) is 12.1 Å². The number of nitrogens with zero attached hydrogens (tertiary/aromatic N) is 3. The van der Waals surface area contributed by atoms with Gasteiger partial charge >= 0.3 is 11.9 Å². The zero-order chi connectivity index (χ0) is 35.1. The molecule has 1 aromatic heterocycles. The first-order valence-corrected chi connectivity index (χ1v) is 16.1. The molecule has 0 saturated heterocycles. The van der Waals surface area contributed by atoms with Gasteiger partial charge < -0.3 is 23.7 Å². The van der Waals surface area contributed by atoms with E-state index in [9.17, 15) is 24.5 Å². The maximum atomic E-state index is 14.1. The van der Waals surface area contributed by atoms with E-state index in [2.05, 4.69) is 9.73 Å². The summed E-state index contributed by atoms with van der Waals surface area (Å²) < 4.78 is 29.3. The van der Waals surface area contributed by atoms with Crippen molar-refractivity contribution >= 4 is 35.0 Å². The number of nitro benzene ring substituents is 1. The Morgan fingerprint density at radius 1 is 1.00 bits per heavy atom. The monoisotopic (exact) mass is 687 g/mol. The summed E-state index contributed by atoms with van der Waals surface area (Å²) in [6, 6.07) is 17.3. The lowest BCUT2D eigenvalue weighted by Crippen LogP contribution is -2.40. The number of thiazole rings is 1. The van der Waals surface area contributed by atoms with Crippen LogP contribution in [0.25, 0.3) is 6.08 Å². The molecule has 1 aliphatic heterocycles. The number of hydrogen-bond acceptors (Lipinski definition) is 12. The Hall–Kier alpha value is -5.76. The van der Waals surface area contributed by atoms with Crippen molar-refractivity contribution in [2.24, 2.45) is 4.99 Å². The number of carbonyl (C=O) groups excluding carboxylic acids is 2. The third-order valence-corrected chi connectivity index (χ3v) is 8.37. The Labute approximate surface area is 284 Å². The van der Waals surface area contributed by atoms with Crippen molar-refractivity contribution in [2.75, 3.05) is 26.9 Å². The lowest BCUT2D eigenvalue weighted by Gasteiger charge is -2.25. The van der Waals surface area contributed by atoms with Gasteiger partial charge in [0.25, 0.3) is 11.2 Å². The predicted molar refractivity (Wildman–Crippen MR) is 179 cm³/mol. The van der Waals surface area contributed by atoms with Crippen LogP contribution in [0.1, 0.15) is 43.5 Å². The average Bonchev–Trinajstić information content (AvgIpc) is 3.39. The normalized spacial score (nSPS) is 14.0. The maximum absolute atomic E-state index is 14.1. The quantitative estimate of drug-likeness (QED) is 0.113. The molecule has 0 unspecified atom stereocenters. The van der Waals surface area contributed by atoms with Gasteiger partial charge in [0.1, 0.15) is 12.4 Å². The molecule has 4 aromatic rings. The van der Waals surface area contributed by atoms with Crippen LogP contribution in [0.4, 0.5) is 5.69 Å². The molecule has 0 spiro atoms. The molecular formula is C35H33N3O10S. The Balaban J connectivity index is 1.52. The van der Waals surface area contributed by atoms with Crippen molar-refractivity contribution in [3.63, 3.8) is 0 Å². The van der Waals surface area contributed by atoms with Crippen molar-refractivity contribution in [3.8, 4) is 17.2 Å². The summed E-state index contributed by atoms with van der Waals surface area (Å²) in [6.07, 6.45) is 1.72. The van der Waals surface area contributed by atoms with E-state index >= 15 is 0 Å². The molecular weight excluding hydrogens is 654 g/mol. The minimum atomic E-state index is -0.900. The van der Waals surface area contributed by atoms with Crippen LogP contribution in [0, 0.1) is 10.1 Å². The van der Waals surface area contributed by atoms with Gasteiger partial charge in [-0.2, -0.15) is 0 Å². The van der Waals surface area contributed by atoms with Gasteiger partial charge in [0.2, 0.25) is 0 Å². The summed E-state index contributed by atoms with van der Waals surface area (Å²) in [4.78, 5) is 54.7. The number of non-ortho nitro benzene ring substituents is 1. The number of esters is 2. The van der Waals surface area contributed by atoms with Gasteiger partial charge in [-0.1, -0.05) is 29.5 Å². The largest absolute Gasteiger partial charge is 0.490 e. The Kier molecular flexibility index (Phi) is 10.9. The van der Waals surface area contributed by atoms with Crippen LogP contribution in [0.2, 0.25) is 0 Å². The fourth-order valence-corrected chi connectivity index (χ4v) is 6.16. The Bertz CT molecular complexity index is 2100. The fourth-order valence-electron chi connectivity index (χ4n) is 5.11. The maximum Gasteiger partial charge on any atom is 0.343 e. The van der Waals surface area contributed by atoms with Crippen LogP contribution < -0.4 is 29.1 Å². The third kappa shape index (κ3) is 7.87. The molecule has 0 saturated carbocycles. The van der Waals surface area contributed by atoms with Crippen molar-refractivity contribution in [1.29, 1.82) is 0 Å². The minimum absolute atomic E-state index is 0.00424. The molecule has 0 amide bonds. The van der Waals surface area contributed by atoms with Crippen LogP contribution >= 0.6 is 11.3 Å². The highest BCUT2D eigenvalue weighted by Crippen LogP contribution is 2.36. The molecule has 0 aliphatic carbocycles. The van der Waals surface area contributed by atoms with Gasteiger partial charge in [0.15, 0.2) is 22.9 Å². The number of methoxy groups -OCH3 is 1. The van der Waals surface area contributed by atoms with Crippen molar-refractivity contribution in [1.82, 2.24) is 4.57 Å². The van der Waals surface area contributed by atoms with E-state index in [4.69, 9.17) is 18.9 Å². The summed E-state index contributed by atoms with van der Waals surface area (Å²) in [5.74, 6) is -0.0312. The van der Waals surface area contributed by atoms with Gasteiger partial charge in [-0.15, -0.1) is 0 Å². The number of rotatable bonds is 13. The predicted octanol–water partition coefficient (Wildman–Crippen LogP) is 4.24. The molecule has 5 rings (SSSR count). The lowest BCUT2D eigenvalue weighted by molar-refractivity contribution is -0.384. The summed E-state index contributed by atoms with van der Waals surface area (Å²) in [5, 5.41) is 10.9. The minimum Gasteiger partial charge on any atom is -0.490 e. The molecule has 3 aromatic carbocycles. The van der Waals surface area contributed by atoms with Crippen LogP contribution in [0.15, 0.2) is 87.8 Å². The SMILES string of the molecule is CCOC(=O)C1=C(C)N=c2s/c(=C/c3cccc(OCc4ccc([N+](=O)[O-])cc4)c3)c(=O)n2[C@H]1c1ccc(OCC(=O)OC)c(OCC)c1. The summed E-state index contributed by atoms with van der Waals surface area (Å²) in [5.41, 5.74) is 2.22. The molecule has 0 fully saturated rings. The molecule has 14 heteroatoms. The number of hydrogen-bond donors (Lipinski definition) is 0. The first kappa shape index (κ1) is 34.6. The van der Waals surface area contributed by atoms with E-state index in [0.717, 1.165) is 5.56 Å². The van der Waals surface area contributed by atoms with E-state index < -0.39 is 22.9 Å². The van der Waals surface area contributed by atoms with E-state index in [-0.39, 0.29) is 49.0 Å². The smallest absolute Gasteiger partial charge is 0.343 e. The number of nitro groups is 1. The third-order valence-electron chi connectivity index (χ3n) is 7.38. The standard InChI is InChI=1S/C35H33N3O10S/c1-5-45-28-18-24(12-15-27(28)48-20-30(39)44-4)32-31(34(41)46-6-2)21(3)36-35-37(32)33(40)29(49-35)17-23-8-7-9-26(16-23)47-19-22-10-13-25(14-11-22)38(42)43/h7-18,32H,5-6,19-20H2,1-4H3/b29-17+/t32-/m0/s1. The molecule has 0 bridgehead atoms. The Morgan fingerprint density at radius 3 is 2.47 bits per heavy atom. The number of aromatic nitrogens is 1. The number of fused-ring (bicyclic) bond motifs is 1. The highest BCUT2D eigenvalue weighted by Gasteiger charge is 2.34. The summed E-state index contributed by atoms with van der Waals surface area (Å²) >= 11 is 1.18. The van der Waals surface area contributed by atoms with E-state index in [1.807, 2.05) is 6.07 Å². The molecule has 1 atom stereocenters. The molecule has 1 aliphatic rings. The molecule has 0 radical (unpaired) electrons. The lowest BCUT2D eigenvalue weighted by atomic mass is 9.95. The van der Waals surface area contributed by atoms with Crippen LogP contribution in [-0.4, -0.2) is 48.4 Å². The topological polar surface area (TPSA) is 158 Å². The Morgan fingerprint density at radius 2 is 1.78 bits per heavy atom. The zero-order valence-electron chi connectivity index (χ0n) is 27.2. The molecule has 0 N–H and O–H groups in total. The molecule has 2 heterocycles. The number of ether oxygens (including phenoxy) is 5. The van der Waals surface area contributed by atoms with Gasteiger partial charge in [0.05, 0.1) is 47.1 Å². The number of benzene rings is 3. The molecule has 49 heavy (non-hydrogen) atoms. The average molecular weight is 688 g/mol.